The molecule has 2 aromatic rings. The molecule has 2 aromatic heterocycles. The van der Waals surface area contributed by atoms with E-state index in [4.69, 9.17) is 0 Å². The van der Waals surface area contributed by atoms with Crippen LogP contribution in [0.2, 0.25) is 10.5 Å². The van der Waals surface area contributed by atoms with E-state index in [0.29, 0.717) is 0 Å². The summed E-state index contributed by atoms with van der Waals surface area (Å²) in [6, 6.07) is 4.91. The summed E-state index contributed by atoms with van der Waals surface area (Å²) in [5.41, 5.74) is 0. The van der Waals surface area contributed by atoms with Crippen molar-refractivity contribution in [1.29, 1.82) is 0 Å². The Morgan fingerprint density at radius 2 is 1.33 bits per heavy atom. The third kappa shape index (κ3) is 2.62. The van der Waals surface area contributed by atoms with Crippen LogP contribution in [0.3, 0.4) is 0 Å². The molecule has 0 aliphatic carbocycles. The third-order valence-electron chi connectivity index (χ3n) is 4.59. The van der Waals surface area contributed by atoms with Gasteiger partial charge in [-0.15, -0.1) is 0 Å². The van der Waals surface area contributed by atoms with Crippen LogP contribution in [0.4, 0.5) is 0 Å². The van der Waals surface area contributed by atoms with Crippen molar-refractivity contribution in [3.05, 3.63) is 48.2 Å². The van der Waals surface area contributed by atoms with Crippen LogP contribution in [0.25, 0.3) is 9.75 Å². The fourth-order valence-corrected chi connectivity index (χ4v) is 19.9. The molecule has 0 unspecified atom stereocenters. The Labute approximate surface area is 138 Å². The van der Waals surface area contributed by atoms with Crippen molar-refractivity contribution in [1.82, 2.24) is 0 Å². The van der Waals surface area contributed by atoms with E-state index in [-0.39, 0.29) is 0 Å². The Bertz CT molecular complexity index is 579. The molecule has 3 rings (SSSR count). The summed E-state index contributed by atoms with van der Waals surface area (Å²) in [5.74, 6) is 0. The summed E-state index contributed by atoms with van der Waals surface area (Å²) in [4.78, 5) is 3.22. The fourth-order valence-electron chi connectivity index (χ4n) is 3.63. The van der Waals surface area contributed by atoms with E-state index < -0.39 is 13.3 Å². The van der Waals surface area contributed by atoms with Crippen LogP contribution < -0.4 is 8.79 Å². The van der Waals surface area contributed by atoms with Crippen LogP contribution in [-0.4, -0.2) is 13.3 Å². The Balaban J connectivity index is 1.98. The van der Waals surface area contributed by atoms with Crippen molar-refractivity contribution < 1.29 is 0 Å². The van der Waals surface area contributed by atoms with Gasteiger partial charge in [0.15, 0.2) is 0 Å². The van der Waals surface area contributed by atoms with Gasteiger partial charge in [0.25, 0.3) is 0 Å². The van der Waals surface area contributed by atoms with E-state index in [9.17, 15) is 0 Å². The number of thiophene rings is 2. The first-order valence-corrected chi connectivity index (χ1v) is 14.5. The first-order valence-electron chi connectivity index (χ1n) is 7.71. The molecule has 3 heteroatoms. The zero-order valence-corrected chi connectivity index (χ0v) is 16.2. The normalized spacial score (nSPS) is 14.7. The molecule has 0 N–H and O–H groups in total. The quantitative estimate of drug-likeness (QED) is 0.334. The second-order valence-corrected chi connectivity index (χ2v) is 16.5. The zero-order chi connectivity index (χ0) is 14.7. The SMILES string of the molecule is C=CCC[CH2][Ge]1([CH2]CCC=C)[c]2ccsc2-c2scc[c]21. The summed E-state index contributed by atoms with van der Waals surface area (Å²) in [6.45, 7) is 7.81. The van der Waals surface area contributed by atoms with E-state index >= 15 is 0 Å². The van der Waals surface area contributed by atoms with Crippen LogP contribution in [0.5, 0.6) is 0 Å². The summed E-state index contributed by atoms with van der Waals surface area (Å²) < 4.78 is 3.55. The molecule has 0 amide bonds. The summed E-state index contributed by atoms with van der Waals surface area (Å²) >= 11 is 1.78. The zero-order valence-electron chi connectivity index (χ0n) is 12.4. The molecular weight excluding hydrogens is 353 g/mol. The topological polar surface area (TPSA) is 0 Å². The van der Waals surface area contributed by atoms with E-state index in [1.54, 1.807) is 18.5 Å². The van der Waals surface area contributed by atoms with Crippen LogP contribution in [0.15, 0.2) is 48.2 Å². The Morgan fingerprint density at radius 3 is 1.76 bits per heavy atom. The number of fused-ring (bicyclic) bond motifs is 3. The molecule has 21 heavy (non-hydrogen) atoms. The molecule has 0 spiro atoms. The molecule has 3 heterocycles. The third-order valence-corrected chi connectivity index (χ3v) is 18.5. The second-order valence-electron chi connectivity index (χ2n) is 5.77. The number of hydrogen-bond acceptors (Lipinski definition) is 2. The molecular formula is C18H22GeS2. The molecule has 0 aromatic carbocycles. The van der Waals surface area contributed by atoms with Gasteiger partial charge in [0.1, 0.15) is 0 Å². The molecule has 0 radical (unpaired) electrons. The maximum atomic E-state index is 3.90. The van der Waals surface area contributed by atoms with Crippen LogP contribution in [-0.2, 0) is 0 Å². The van der Waals surface area contributed by atoms with Gasteiger partial charge < -0.3 is 0 Å². The molecule has 0 atom stereocenters. The summed E-state index contributed by atoms with van der Waals surface area (Å²) in [7, 11) is 0. The van der Waals surface area contributed by atoms with E-state index in [1.165, 1.54) is 23.3 Å². The Hall–Kier alpha value is -0.577. The van der Waals surface area contributed by atoms with Gasteiger partial charge in [-0.2, -0.15) is 0 Å². The predicted octanol–water partition coefficient (Wildman–Crippen LogP) is 5.29. The monoisotopic (exact) mass is 376 g/mol. The van der Waals surface area contributed by atoms with Crippen molar-refractivity contribution in [3.63, 3.8) is 0 Å². The minimum absolute atomic E-state index is 1.16. The molecule has 0 saturated carbocycles. The number of allylic oxidation sites excluding steroid dienone is 2. The molecule has 0 bridgehead atoms. The summed E-state index contributed by atoms with van der Waals surface area (Å²) in [6.07, 6.45) is 9.10. The van der Waals surface area contributed by atoms with Gasteiger partial charge in [-0.05, 0) is 0 Å². The van der Waals surface area contributed by atoms with Crippen LogP contribution in [0, 0.1) is 0 Å². The van der Waals surface area contributed by atoms with Crippen molar-refractivity contribution in [3.8, 4) is 9.75 Å². The molecule has 0 nitrogen and oxygen atoms in total. The number of rotatable bonds is 8. The van der Waals surface area contributed by atoms with Gasteiger partial charge >= 0.3 is 139 Å². The van der Waals surface area contributed by atoms with Crippen molar-refractivity contribution in [2.24, 2.45) is 0 Å². The maximum absolute atomic E-state index is 3.90. The standard InChI is InChI=1S/C18H22GeS2/c1-3-5-7-11-19(12-8-6-4-2)15-9-13-20-17(15)18-16(19)10-14-21-18/h3-4,9-10,13-14H,1-2,5-8,11-12H2. The van der Waals surface area contributed by atoms with E-state index in [1.807, 2.05) is 22.7 Å². The molecule has 0 fully saturated rings. The average Bonchev–Trinajstić information content (AvgIpc) is 3.17. The second kappa shape index (κ2) is 6.68. The first-order chi connectivity index (χ1) is 10.3. The van der Waals surface area contributed by atoms with E-state index in [0.717, 1.165) is 12.8 Å². The Kier molecular flexibility index (Phi) is 4.87. The van der Waals surface area contributed by atoms with E-state index in [2.05, 4.69) is 48.2 Å². The van der Waals surface area contributed by atoms with Crippen molar-refractivity contribution >= 4 is 44.7 Å². The van der Waals surface area contributed by atoms with Gasteiger partial charge in [0.05, 0.1) is 0 Å². The first kappa shape index (κ1) is 15.3. The number of unbranched alkanes of at least 4 members (excludes halogenated alkanes) is 2. The van der Waals surface area contributed by atoms with Gasteiger partial charge in [-0.3, -0.25) is 0 Å². The average molecular weight is 375 g/mol. The van der Waals surface area contributed by atoms with Gasteiger partial charge in [0, 0.05) is 0 Å². The Morgan fingerprint density at radius 1 is 0.857 bits per heavy atom. The molecule has 0 saturated heterocycles. The molecule has 110 valence electrons. The van der Waals surface area contributed by atoms with Crippen LogP contribution >= 0.6 is 22.7 Å². The van der Waals surface area contributed by atoms with Gasteiger partial charge in [0.2, 0.25) is 0 Å². The van der Waals surface area contributed by atoms with Gasteiger partial charge in [-0.1, -0.05) is 0 Å². The molecule has 1 aliphatic heterocycles. The molecule has 1 aliphatic rings. The van der Waals surface area contributed by atoms with Gasteiger partial charge in [-0.25, -0.2) is 0 Å². The van der Waals surface area contributed by atoms with Crippen LogP contribution in [0.1, 0.15) is 25.7 Å². The summed E-state index contributed by atoms with van der Waals surface area (Å²) in [5, 5.41) is 7.48. The van der Waals surface area contributed by atoms with Crippen molar-refractivity contribution in [2.45, 2.75) is 36.2 Å². The van der Waals surface area contributed by atoms with Crippen molar-refractivity contribution in [2.75, 3.05) is 0 Å². The minimum atomic E-state index is -2.14. The number of hydrogen-bond donors (Lipinski definition) is 0. The predicted molar refractivity (Wildman–Crippen MR) is 101 cm³/mol. The fraction of sp³-hybridized carbons (Fsp3) is 0.333.